The third-order valence-corrected chi connectivity index (χ3v) is 5.89. The first kappa shape index (κ1) is 21.1. The fourth-order valence-corrected chi connectivity index (χ4v) is 4.21. The summed E-state index contributed by atoms with van der Waals surface area (Å²) in [5.41, 5.74) is 1.76. The minimum Gasteiger partial charge on any atom is -0.342 e. The highest BCUT2D eigenvalue weighted by molar-refractivity contribution is 7.89. The summed E-state index contributed by atoms with van der Waals surface area (Å²) >= 11 is 0. The van der Waals surface area contributed by atoms with Gasteiger partial charge in [0.1, 0.15) is 6.04 Å². The Labute approximate surface area is 162 Å². The number of aryl methyl sites for hydroxylation is 1. The number of nitrogens with zero attached hydrogens (tertiary/aromatic N) is 1. The fourth-order valence-electron chi connectivity index (χ4n) is 2.97. The smallest absolute Gasteiger partial charge is 0.245 e. The molecule has 0 aliphatic rings. The van der Waals surface area contributed by atoms with Gasteiger partial charge in [0, 0.05) is 13.1 Å². The van der Waals surface area contributed by atoms with Crippen LogP contribution in [0.25, 0.3) is 0 Å². The molecule has 0 saturated carbocycles. The Bertz CT molecular complexity index is 804. The standard InChI is InChI=1S/C21H28N2O3S/c1-3-23(4-2)21(24)20(19-15-9-6-10-16-19)22-27(25,26)17-11-14-18-12-7-5-8-13-18/h5-10,12-13,15-16,20,22H,3-4,11,14,17H2,1-2H3/t20-/m0/s1. The zero-order valence-corrected chi connectivity index (χ0v) is 16.8. The average Bonchev–Trinajstić information content (AvgIpc) is 2.68. The molecule has 2 aromatic carbocycles. The third-order valence-electron chi connectivity index (χ3n) is 4.47. The molecule has 27 heavy (non-hydrogen) atoms. The van der Waals surface area contributed by atoms with Crippen LogP contribution in [0.5, 0.6) is 0 Å². The van der Waals surface area contributed by atoms with Crippen molar-refractivity contribution >= 4 is 15.9 Å². The van der Waals surface area contributed by atoms with Gasteiger partial charge in [-0.15, -0.1) is 0 Å². The van der Waals surface area contributed by atoms with E-state index in [-0.39, 0.29) is 11.7 Å². The van der Waals surface area contributed by atoms with Crippen molar-refractivity contribution in [3.8, 4) is 0 Å². The molecule has 1 amide bonds. The van der Waals surface area contributed by atoms with E-state index in [2.05, 4.69) is 4.72 Å². The van der Waals surface area contributed by atoms with Gasteiger partial charge in [-0.05, 0) is 37.8 Å². The zero-order valence-electron chi connectivity index (χ0n) is 16.0. The second kappa shape index (κ2) is 10.2. The molecule has 0 radical (unpaired) electrons. The summed E-state index contributed by atoms with van der Waals surface area (Å²) in [6.45, 7) is 4.85. The number of sulfonamides is 1. The number of nitrogens with one attached hydrogen (secondary N) is 1. The second-order valence-electron chi connectivity index (χ2n) is 6.38. The summed E-state index contributed by atoms with van der Waals surface area (Å²) in [7, 11) is -3.59. The maximum atomic E-state index is 12.9. The van der Waals surface area contributed by atoms with Gasteiger partial charge in [0.2, 0.25) is 15.9 Å². The molecule has 0 bridgehead atoms. The van der Waals surface area contributed by atoms with E-state index in [4.69, 9.17) is 0 Å². The van der Waals surface area contributed by atoms with Crippen LogP contribution in [-0.2, 0) is 21.2 Å². The van der Waals surface area contributed by atoms with Crippen molar-refractivity contribution in [2.24, 2.45) is 0 Å². The molecule has 0 aliphatic carbocycles. The highest BCUT2D eigenvalue weighted by Crippen LogP contribution is 2.17. The Balaban J connectivity index is 2.09. The SMILES string of the molecule is CCN(CC)C(=O)[C@@H](NS(=O)(=O)CCCc1ccccc1)c1ccccc1. The van der Waals surface area contributed by atoms with E-state index in [1.165, 1.54) is 0 Å². The Hall–Kier alpha value is -2.18. The van der Waals surface area contributed by atoms with Crippen molar-refractivity contribution in [2.75, 3.05) is 18.8 Å². The first-order chi connectivity index (χ1) is 13.0. The molecule has 2 rings (SSSR count). The number of hydrogen-bond acceptors (Lipinski definition) is 3. The van der Waals surface area contributed by atoms with Gasteiger partial charge in [-0.2, -0.15) is 4.72 Å². The van der Waals surface area contributed by atoms with E-state index in [1.807, 2.05) is 62.4 Å². The van der Waals surface area contributed by atoms with E-state index in [9.17, 15) is 13.2 Å². The summed E-state index contributed by atoms with van der Waals surface area (Å²) in [6, 6.07) is 17.9. The van der Waals surface area contributed by atoms with Crippen LogP contribution in [-0.4, -0.2) is 38.1 Å². The summed E-state index contributed by atoms with van der Waals surface area (Å²) in [6.07, 6.45) is 1.18. The quantitative estimate of drug-likeness (QED) is 0.680. The van der Waals surface area contributed by atoms with E-state index >= 15 is 0 Å². The zero-order chi connectivity index (χ0) is 19.7. The average molecular weight is 389 g/mol. The second-order valence-corrected chi connectivity index (χ2v) is 8.25. The Morgan fingerprint density at radius 3 is 2.07 bits per heavy atom. The first-order valence-corrected chi connectivity index (χ1v) is 11.0. The van der Waals surface area contributed by atoms with Gasteiger partial charge in [0.05, 0.1) is 5.75 Å². The first-order valence-electron chi connectivity index (χ1n) is 9.34. The van der Waals surface area contributed by atoms with Crippen molar-refractivity contribution in [1.82, 2.24) is 9.62 Å². The lowest BCUT2D eigenvalue weighted by Crippen LogP contribution is -2.43. The van der Waals surface area contributed by atoms with Crippen LogP contribution < -0.4 is 4.72 Å². The molecule has 1 atom stereocenters. The highest BCUT2D eigenvalue weighted by Gasteiger charge is 2.28. The number of rotatable bonds is 10. The molecule has 5 nitrogen and oxygen atoms in total. The van der Waals surface area contributed by atoms with Gasteiger partial charge in [-0.1, -0.05) is 60.7 Å². The molecule has 0 saturated heterocycles. The van der Waals surface area contributed by atoms with E-state index in [0.717, 1.165) is 5.56 Å². The number of amides is 1. The lowest BCUT2D eigenvalue weighted by atomic mass is 10.1. The maximum Gasteiger partial charge on any atom is 0.245 e. The number of hydrogen-bond donors (Lipinski definition) is 1. The van der Waals surface area contributed by atoms with Gasteiger partial charge >= 0.3 is 0 Å². The molecular weight excluding hydrogens is 360 g/mol. The number of likely N-dealkylation sites (N-methyl/N-ethyl adjacent to an activating group) is 1. The Kier molecular flexibility index (Phi) is 8.00. The number of carbonyl (C=O) groups excluding carboxylic acids is 1. The van der Waals surface area contributed by atoms with Crippen LogP contribution in [0.2, 0.25) is 0 Å². The molecule has 146 valence electrons. The van der Waals surface area contributed by atoms with Crippen molar-refractivity contribution in [1.29, 1.82) is 0 Å². The number of carbonyl (C=O) groups is 1. The Morgan fingerprint density at radius 1 is 0.963 bits per heavy atom. The van der Waals surface area contributed by atoms with Crippen LogP contribution in [0.3, 0.4) is 0 Å². The Morgan fingerprint density at radius 2 is 1.52 bits per heavy atom. The molecule has 6 heteroatoms. The van der Waals surface area contributed by atoms with Crippen LogP contribution >= 0.6 is 0 Å². The highest BCUT2D eigenvalue weighted by atomic mass is 32.2. The van der Waals surface area contributed by atoms with E-state index in [0.29, 0.717) is 31.5 Å². The molecule has 0 aliphatic heterocycles. The molecule has 0 spiro atoms. The van der Waals surface area contributed by atoms with Gasteiger partial charge in [0.25, 0.3) is 0 Å². The van der Waals surface area contributed by atoms with Crippen LogP contribution in [0, 0.1) is 0 Å². The van der Waals surface area contributed by atoms with Crippen LogP contribution in [0.4, 0.5) is 0 Å². The molecule has 0 fully saturated rings. The topological polar surface area (TPSA) is 66.5 Å². The van der Waals surface area contributed by atoms with Crippen LogP contribution in [0.15, 0.2) is 60.7 Å². The van der Waals surface area contributed by atoms with Gasteiger partial charge in [-0.25, -0.2) is 8.42 Å². The van der Waals surface area contributed by atoms with Crippen molar-refractivity contribution in [3.63, 3.8) is 0 Å². The van der Waals surface area contributed by atoms with Gasteiger partial charge in [-0.3, -0.25) is 4.79 Å². The minimum absolute atomic E-state index is 0.0171. The van der Waals surface area contributed by atoms with E-state index in [1.54, 1.807) is 17.0 Å². The summed E-state index contributed by atoms with van der Waals surface area (Å²) in [4.78, 5) is 14.5. The molecule has 0 aromatic heterocycles. The molecular formula is C21H28N2O3S. The fraction of sp³-hybridized carbons (Fsp3) is 0.381. The molecule has 0 unspecified atom stereocenters. The minimum atomic E-state index is -3.59. The predicted octanol–water partition coefficient (Wildman–Crippen LogP) is 3.15. The summed E-state index contributed by atoms with van der Waals surface area (Å²) < 4.78 is 27.9. The third kappa shape index (κ3) is 6.48. The number of benzene rings is 2. The monoisotopic (exact) mass is 388 g/mol. The van der Waals surface area contributed by atoms with Crippen LogP contribution in [0.1, 0.15) is 37.4 Å². The lowest BCUT2D eigenvalue weighted by Gasteiger charge is -2.26. The van der Waals surface area contributed by atoms with Crippen molar-refractivity contribution < 1.29 is 13.2 Å². The lowest BCUT2D eigenvalue weighted by molar-refractivity contribution is -0.132. The van der Waals surface area contributed by atoms with Gasteiger partial charge < -0.3 is 4.90 Å². The largest absolute Gasteiger partial charge is 0.342 e. The summed E-state index contributed by atoms with van der Waals surface area (Å²) in [5.74, 6) is -0.241. The molecule has 0 heterocycles. The van der Waals surface area contributed by atoms with Gasteiger partial charge in [0.15, 0.2) is 0 Å². The molecule has 2 aromatic rings. The molecule has 1 N–H and O–H groups in total. The van der Waals surface area contributed by atoms with Crippen molar-refractivity contribution in [2.45, 2.75) is 32.7 Å². The maximum absolute atomic E-state index is 12.9. The van der Waals surface area contributed by atoms with E-state index < -0.39 is 16.1 Å². The normalized spacial score (nSPS) is 12.5. The predicted molar refractivity (Wildman–Crippen MR) is 109 cm³/mol. The summed E-state index contributed by atoms with van der Waals surface area (Å²) in [5, 5.41) is 0. The van der Waals surface area contributed by atoms with Crippen molar-refractivity contribution in [3.05, 3.63) is 71.8 Å².